The fraction of sp³-hybridized carbons (Fsp3) is 0.556. The lowest BCUT2D eigenvalue weighted by Crippen LogP contribution is -2.37. The number of nitrogens with zero attached hydrogens (tertiary/aromatic N) is 2. The van der Waals surface area contributed by atoms with E-state index in [4.69, 9.17) is 15.7 Å². The maximum atomic E-state index is 11.6. The van der Waals surface area contributed by atoms with Crippen LogP contribution in [0.4, 0.5) is 5.82 Å². The number of aliphatic hydroxyl groups is 2. The predicted octanol–water partition coefficient (Wildman–Crippen LogP) is -2.58. The predicted molar refractivity (Wildman–Crippen MR) is 58.6 cm³/mol. The van der Waals surface area contributed by atoms with Gasteiger partial charge < -0.3 is 25.9 Å². The fourth-order valence-electron chi connectivity index (χ4n) is 1.84. The highest BCUT2D eigenvalue weighted by Crippen LogP contribution is 2.27. The van der Waals surface area contributed by atoms with Crippen molar-refractivity contribution in [3.8, 4) is 0 Å². The lowest BCUT2D eigenvalue weighted by Gasteiger charge is -2.16. The quantitative estimate of drug-likeness (QED) is 0.372. The molecular weight excluding hydrogens is 244 g/mol. The molecule has 9 nitrogen and oxygen atoms in total. The third kappa shape index (κ3) is 2.21. The molecule has 1 aliphatic heterocycles. The molecule has 4 atom stereocenters. The summed E-state index contributed by atoms with van der Waals surface area (Å²) in [6.07, 6.45) is -3.11. The van der Waals surface area contributed by atoms with E-state index in [9.17, 15) is 15.0 Å². The van der Waals surface area contributed by atoms with Crippen LogP contribution < -0.4 is 16.9 Å². The third-order valence-corrected chi connectivity index (χ3v) is 2.76. The van der Waals surface area contributed by atoms with Crippen molar-refractivity contribution in [1.29, 1.82) is 0 Å². The van der Waals surface area contributed by atoms with Gasteiger partial charge in [-0.05, 0) is 6.07 Å². The van der Waals surface area contributed by atoms with E-state index in [-0.39, 0.29) is 12.4 Å². The second kappa shape index (κ2) is 5.00. The van der Waals surface area contributed by atoms with Crippen LogP contribution in [0.25, 0.3) is 0 Å². The SMILES string of the molecule is Nc1ccn([C@@H]2O[C@H](CNO)[C@@H](O)[C@H]2O)c(=O)n1. The van der Waals surface area contributed by atoms with E-state index in [1.165, 1.54) is 12.3 Å². The molecule has 0 radical (unpaired) electrons. The van der Waals surface area contributed by atoms with Gasteiger partial charge in [-0.15, -0.1) is 0 Å². The summed E-state index contributed by atoms with van der Waals surface area (Å²) < 4.78 is 6.32. The number of anilines is 1. The largest absolute Gasteiger partial charge is 0.387 e. The van der Waals surface area contributed by atoms with Gasteiger partial charge in [0.05, 0.1) is 0 Å². The second-order valence-electron chi connectivity index (χ2n) is 3.95. The molecule has 1 fully saturated rings. The molecule has 0 amide bonds. The fourth-order valence-corrected chi connectivity index (χ4v) is 1.84. The van der Waals surface area contributed by atoms with Crippen molar-refractivity contribution < 1.29 is 20.2 Å². The molecule has 18 heavy (non-hydrogen) atoms. The lowest BCUT2D eigenvalue weighted by atomic mass is 10.1. The zero-order valence-corrected chi connectivity index (χ0v) is 9.30. The van der Waals surface area contributed by atoms with E-state index in [0.29, 0.717) is 0 Å². The molecule has 0 unspecified atom stereocenters. The van der Waals surface area contributed by atoms with E-state index in [2.05, 4.69) is 4.98 Å². The van der Waals surface area contributed by atoms with Gasteiger partial charge in [-0.1, -0.05) is 0 Å². The first kappa shape index (κ1) is 12.9. The topological polar surface area (TPSA) is 143 Å². The van der Waals surface area contributed by atoms with E-state index in [0.717, 1.165) is 4.57 Å². The van der Waals surface area contributed by atoms with E-state index in [1.54, 1.807) is 0 Å². The molecule has 1 aromatic heterocycles. The number of aliphatic hydroxyl groups excluding tert-OH is 2. The maximum Gasteiger partial charge on any atom is 0.351 e. The van der Waals surface area contributed by atoms with Crippen LogP contribution >= 0.6 is 0 Å². The van der Waals surface area contributed by atoms with Crippen molar-refractivity contribution in [3.05, 3.63) is 22.7 Å². The highest BCUT2D eigenvalue weighted by molar-refractivity contribution is 5.23. The van der Waals surface area contributed by atoms with E-state index in [1.807, 2.05) is 5.48 Å². The van der Waals surface area contributed by atoms with Crippen molar-refractivity contribution in [2.75, 3.05) is 12.3 Å². The smallest absolute Gasteiger partial charge is 0.351 e. The van der Waals surface area contributed by atoms with Crippen molar-refractivity contribution in [2.24, 2.45) is 0 Å². The molecule has 0 aliphatic carbocycles. The number of nitrogen functional groups attached to an aromatic ring is 1. The van der Waals surface area contributed by atoms with Gasteiger partial charge in [0, 0.05) is 12.7 Å². The molecule has 9 heteroatoms. The first-order chi connectivity index (χ1) is 8.54. The molecular formula is C9H14N4O5. The third-order valence-electron chi connectivity index (χ3n) is 2.76. The Morgan fingerprint density at radius 2 is 2.22 bits per heavy atom. The van der Waals surface area contributed by atoms with Gasteiger partial charge in [-0.3, -0.25) is 4.57 Å². The van der Waals surface area contributed by atoms with Crippen LogP contribution in [-0.4, -0.2) is 49.8 Å². The molecule has 0 saturated carbocycles. The van der Waals surface area contributed by atoms with Crippen molar-refractivity contribution in [2.45, 2.75) is 24.5 Å². The Hall–Kier alpha value is -1.52. The van der Waals surface area contributed by atoms with Crippen molar-refractivity contribution in [1.82, 2.24) is 15.0 Å². The molecule has 1 aliphatic rings. The van der Waals surface area contributed by atoms with Gasteiger partial charge >= 0.3 is 5.69 Å². The van der Waals surface area contributed by atoms with Crippen LogP contribution in [0, 0.1) is 0 Å². The van der Waals surface area contributed by atoms with Gasteiger partial charge in [0.2, 0.25) is 0 Å². The summed E-state index contributed by atoms with van der Waals surface area (Å²) in [5.74, 6) is 0.0536. The first-order valence-corrected chi connectivity index (χ1v) is 5.28. The number of nitrogens with two attached hydrogens (primary N) is 1. The van der Waals surface area contributed by atoms with Crippen LogP contribution in [0.2, 0.25) is 0 Å². The van der Waals surface area contributed by atoms with Gasteiger partial charge in [-0.25, -0.2) is 10.3 Å². The van der Waals surface area contributed by atoms with Gasteiger partial charge in [0.1, 0.15) is 24.1 Å². The minimum absolute atomic E-state index is 0.0536. The first-order valence-electron chi connectivity index (χ1n) is 5.28. The minimum atomic E-state index is -1.30. The Morgan fingerprint density at radius 3 is 2.83 bits per heavy atom. The highest BCUT2D eigenvalue weighted by Gasteiger charge is 2.43. The molecule has 0 bridgehead atoms. The molecule has 1 aromatic rings. The Kier molecular flexibility index (Phi) is 3.59. The summed E-state index contributed by atoms with van der Waals surface area (Å²) in [5.41, 5.74) is 6.49. The van der Waals surface area contributed by atoms with E-state index >= 15 is 0 Å². The normalized spacial score (nSPS) is 31.7. The molecule has 2 heterocycles. The van der Waals surface area contributed by atoms with Crippen LogP contribution in [0.15, 0.2) is 17.1 Å². The standard InChI is InChI=1S/C9H14N4O5/c10-5-1-2-13(9(16)12-5)8-7(15)6(14)4(18-8)3-11-17/h1-2,4,6-8,11,14-15,17H,3H2,(H2,10,12,16)/t4-,6-,7-,8-/m1/s1. The van der Waals surface area contributed by atoms with Crippen molar-refractivity contribution in [3.63, 3.8) is 0 Å². The lowest BCUT2D eigenvalue weighted by molar-refractivity contribution is -0.0472. The Balaban J connectivity index is 2.26. The number of nitrogens with one attached hydrogen (secondary N) is 1. The summed E-state index contributed by atoms with van der Waals surface area (Å²) in [5, 5.41) is 28.0. The molecule has 1 saturated heterocycles. The molecule has 0 aromatic carbocycles. The number of rotatable bonds is 3. The van der Waals surface area contributed by atoms with Crippen LogP contribution in [-0.2, 0) is 4.74 Å². The Bertz CT molecular complexity index is 478. The summed E-state index contributed by atoms with van der Waals surface area (Å²) in [6.45, 7) is -0.0775. The Morgan fingerprint density at radius 1 is 1.50 bits per heavy atom. The minimum Gasteiger partial charge on any atom is -0.387 e. The number of hydrogen-bond acceptors (Lipinski definition) is 8. The summed E-state index contributed by atoms with van der Waals surface area (Å²) in [6, 6.07) is 1.38. The van der Waals surface area contributed by atoms with Crippen molar-refractivity contribution >= 4 is 5.82 Å². The number of ether oxygens (including phenoxy) is 1. The summed E-state index contributed by atoms with van der Waals surface area (Å²) in [4.78, 5) is 15.1. The number of hydrogen-bond donors (Lipinski definition) is 5. The molecule has 100 valence electrons. The average Bonchev–Trinajstić information content (AvgIpc) is 2.58. The zero-order chi connectivity index (χ0) is 13.3. The molecule has 2 rings (SSSR count). The molecule has 0 spiro atoms. The monoisotopic (exact) mass is 258 g/mol. The average molecular weight is 258 g/mol. The van der Waals surface area contributed by atoms with Crippen LogP contribution in [0.5, 0.6) is 0 Å². The zero-order valence-electron chi connectivity index (χ0n) is 9.30. The number of hydroxylamine groups is 1. The second-order valence-corrected chi connectivity index (χ2v) is 3.95. The van der Waals surface area contributed by atoms with E-state index < -0.39 is 30.2 Å². The Labute approximate surface area is 101 Å². The highest BCUT2D eigenvalue weighted by atomic mass is 16.6. The van der Waals surface area contributed by atoms with Gasteiger partial charge in [-0.2, -0.15) is 4.98 Å². The van der Waals surface area contributed by atoms with Gasteiger partial charge in [0.15, 0.2) is 6.23 Å². The number of aromatic nitrogens is 2. The van der Waals surface area contributed by atoms with Crippen LogP contribution in [0.3, 0.4) is 0 Å². The summed E-state index contributed by atoms with van der Waals surface area (Å²) in [7, 11) is 0. The molecule has 6 N–H and O–H groups in total. The maximum absolute atomic E-state index is 11.6. The summed E-state index contributed by atoms with van der Waals surface area (Å²) >= 11 is 0. The van der Waals surface area contributed by atoms with Gasteiger partial charge in [0.25, 0.3) is 0 Å². The van der Waals surface area contributed by atoms with Crippen LogP contribution in [0.1, 0.15) is 6.23 Å².